The first-order valence-corrected chi connectivity index (χ1v) is 5.22. The zero-order valence-corrected chi connectivity index (χ0v) is 8.70. The van der Waals surface area contributed by atoms with Crippen LogP contribution in [-0.2, 0) is 0 Å². The molecule has 0 saturated carbocycles. The maximum Gasteiger partial charge on any atom is 0.0829 e. The van der Waals surface area contributed by atoms with Crippen LogP contribution in [0.4, 0.5) is 5.69 Å². The lowest BCUT2D eigenvalue weighted by molar-refractivity contribution is 0.148. The molecule has 2 nitrogen and oxygen atoms in total. The van der Waals surface area contributed by atoms with Gasteiger partial charge in [-0.3, -0.25) is 0 Å². The molecule has 0 amide bonds. The second-order valence-corrected chi connectivity index (χ2v) is 4.33. The smallest absolute Gasteiger partial charge is 0.0829 e. The van der Waals surface area contributed by atoms with Crippen molar-refractivity contribution >= 4 is 5.69 Å². The number of para-hydroxylation sites is 1. The molecule has 76 valence electrons. The highest BCUT2D eigenvalue weighted by molar-refractivity contribution is 5.54. The Labute approximate surface area is 85.0 Å². The van der Waals surface area contributed by atoms with Gasteiger partial charge in [0.1, 0.15) is 0 Å². The number of anilines is 1. The van der Waals surface area contributed by atoms with E-state index in [4.69, 9.17) is 0 Å². The van der Waals surface area contributed by atoms with E-state index in [2.05, 4.69) is 19.2 Å². The summed E-state index contributed by atoms with van der Waals surface area (Å²) in [7, 11) is 0. The number of rotatable bonds is 1. The number of aliphatic hydroxyl groups excluding tert-OH is 1. The highest BCUT2D eigenvalue weighted by Crippen LogP contribution is 2.34. The minimum atomic E-state index is -0.306. The second kappa shape index (κ2) is 3.62. The summed E-state index contributed by atoms with van der Waals surface area (Å²) in [6.07, 6.45) is 0.508. The molecule has 0 bridgehead atoms. The van der Waals surface area contributed by atoms with Gasteiger partial charge in [-0.15, -0.1) is 0 Å². The van der Waals surface area contributed by atoms with E-state index in [1.165, 1.54) is 0 Å². The Bertz CT molecular complexity index is 322. The first-order valence-electron chi connectivity index (χ1n) is 5.22. The van der Waals surface area contributed by atoms with E-state index in [0.717, 1.165) is 17.7 Å². The molecular formula is C12H17NO. The molecular weight excluding hydrogens is 174 g/mol. The Hall–Kier alpha value is -1.02. The molecule has 1 aromatic rings. The lowest BCUT2D eigenvalue weighted by Gasteiger charge is -2.32. The van der Waals surface area contributed by atoms with E-state index in [1.54, 1.807) is 0 Å². The van der Waals surface area contributed by atoms with E-state index in [9.17, 15) is 5.11 Å². The summed E-state index contributed by atoms with van der Waals surface area (Å²) in [5.74, 6) is 0.554. The van der Waals surface area contributed by atoms with Crippen LogP contribution in [0.2, 0.25) is 0 Å². The van der Waals surface area contributed by atoms with Crippen molar-refractivity contribution in [3.63, 3.8) is 0 Å². The van der Waals surface area contributed by atoms with Gasteiger partial charge in [0.05, 0.1) is 6.10 Å². The molecule has 0 saturated heterocycles. The van der Waals surface area contributed by atoms with E-state index in [1.807, 2.05) is 24.3 Å². The fraction of sp³-hybridized carbons (Fsp3) is 0.500. The lowest BCUT2D eigenvalue weighted by atomic mass is 9.89. The van der Waals surface area contributed by atoms with Crippen LogP contribution in [0, 0.1) is 5.92 Å². The molecule has 0 aromatic heterocycles. The summed E-state index contributed by atoms with van der Waals surface area (Å²) in [6.45, 7) is 4.36. The third-order valence-corrected chi connectivity index (χ3v) is 2.94. The van der Waals surface area contributed by atoms with E-state index >= 15 is 0 Å². The average Bonchev–Trinajstić information content (AvgIpc) is 2.17. The third kappa shape index (κ3) is 1.62. The van der Waals surface area contributed by atoms with Gasteiger partial charge in [-0.05, 0) is 18.4 Å². The number of benzene rings is 1. The number of hydrogen-bond donors (Lipinski definition) is 2. The van der Waals surface area contributed by atoms with Crippen molar-refractivity contribution in [3.05, 3.63) is 29.8 Å². The van der Waals surface area contributed by atoms with Crippen molar-refractivity contribution in [2.45, 2.75) is 32.4 Å². The summed E-state index contributed by atoms with van der Waals surface area (Å²) < 4.78 is 0. The second-order valence-electron chi connectivity index (χ2n) is 4.33. The molecule has 14 heavy (non-hydrogen) atoms. The quantitative estimate of drug-likeness (QED) is 0.715. The number of fused-ring (bicyclic) bond motifs is 1. The summed E-state index contributed by atoms with van der Waals surface area (Å²) in [5.41, 5.74) is 2.12. The van der Waals surface area contributed by atoms with Crippen molar-refractivity contribution in [1.82, 2.24) is 0 Å². The van der Waals surface area contributed by atoms with Crippen LogP contribution in [0.5, 0.6) is 0 Å². The monoisotopic (exact) mass is 191 g/mol. The maximum atomic E-state index is 9.94. The van der Waals surface area contributed by atoms with Crippen LogP contribution in [0.25, 0.3) is 0 Å². The van der Waals surface area contributed by atoms with Crippen LogP contribution in [-0.4, -0.2) is 11.1 Å². The highest BCUT2D eigenvalue weighted by Gasteiger charge is 2.25. The topological polar surface area (TPSA) is 32.3 Å². The molecule has 1 aliphatic heterocycles. The third-order valence-electron chi connectivity index (χ3n) is 2.94. The van der Waals surface area contributed by atoms with Gasteiger partial charge in [-0.1, -0.05) is 32.0 Å². The average molecular weight is 191 g/mol. The van der Waals surface area contributed by atoms with Crippen LogP contribution in [0.1, 0.15) is 31.9 Å². The molecule has 2 N–H and O–H groups in total. The van der Waals surface area contributed by atoms with Crippen LogP contribution >= 0.6 is 0 Å². The first kappa shape index (κ1) is 9.53. The highest BCUT2D eigenvalue weighted by atomic mass is 16.3. The first-order chi connectivity index (χ1) is 6.68. The Balaban J connectivity index is 2.29. The van der Waals surface area contributed by atoms with Crippen molar-refractivity contribution in [2.24, 2.45) is 5.92 Å². The zero-order valence-electron chi connectivity index (χ0n) is 8.70. The number of aliphatic hydroxyl groups is 1. The zero-order chi connectivity index (χ0) is 10.1. The van der Waals surface area contributed by atoms with Crippen molar-refractivity contribution in [2.75, 3.05) is 5.32 Å². The van der Waals surface area contributed by atoms with Crippen molar-refractivity contribution in [3.8, 4) is 0 Å². The largest absolute Gasteiger partial charge is 0.388 e. The predicted molar refractivity (Wildman–Crippen MR) is 58.3 cm³/mol. The SMILES string of the molecule is CC(C)C1CC(O)c2ccccc2N1. The van der Waals surface area contributed by atoms with Crippen LogP contribution < -0.4 is 5.32 Å². The van der Waals surface area contributed by atoms with Gasteiger partial charge in [0.25, 0.3) is 0 Å². The molecule has 2 heteroatoms. The van der Waals surface area contributed by atoms with Gasteiger partial charge >= 0.3 is 0 Å². The minimum Gasteiger partial charge on any atom is -0.388 e. The van der Waals surface area contributed by atoms with Crippen molar-refractivity contribution < 1.29 is 5.11 Å². The van der Waals surface area contributed by atoms with Crippen LogP contribution in [0.15, 0.2) is 24.3 Å². The molecule has 0 radical (unpaired) electrons. The van der Waals surface area contributed by atoms with Crippen LogP contribution in [0.3, 0.4) is 0 Å². The Morgan fingerprint density at radius 3 is 2.79 bits per heavy atom. The Morgan fingerprint density at radius 2 is 2.07 bits per heavy atom. The molecule has 0 aliphatic carbocycles. The molecule has 1 heterocycles. The fourth-order valence-electron chi connectivity index (χ4n) is 1.98. The normalized spacial score (nSPS) is 25.7. The molecule has 1 aliphatic rings. The summed E-state index contributed by atoms with van der Waals surface area (Å²) in [6, 6.07) is 8.39. The van der Waals surface area contributed by atoms with E-state index < -0.39 is 0 Å². The Morgan fingerprint density at radius 1 is 1.36 bits per heavy atom. The predicted octanol–water partition coefficient (Wildman–Crippen LogP) is 2.56. The minimum absolute atomic E-state index is 0.306. The standard InChI is InChI=1S/C12H17NO/c1-8(2)11-7-12(14)9-5-3-4-6-10(9)13-11/h3-6,8,11-14H,7H2,1-2H3. The Kier molecular flexibility index (Phi) is 2.46. The van der Waals surface area contributed by atoms with Gasteiger partial charge in [-0.25, -0.2) is 0 Å². The van der Waals surface area contributed by atoms with Gasteiger partial charge in [0.2, 0.25) is 0 Å². The molecule has 0 fully saturated rings. The van der Waals surface area contributed by atoms with Gasteiger partial charge < -0.3 is 10.4 Å². The maximum absolute atomic E-state index is 9.94. The summed E-state index contributed by atoms with van der Waals surface area (Å²) in [4.78, 5) is 0. The molecule has 0 spiro atoms. The van der Waals surface area contributed by atoms with Gasteiger partial charge in [0, 0.05) is 17.3 Å². The summed E-state index contributed by atoms with van der Waals surface area (Å²) in [5, 5.41) is 13.4. The van der Waals surface area contributed by atoms with Gasteiger partial charge in [0.15, 0.2) is 0 Å². The van der Waals surface area contributed by atoms with Gasteiger partial charge in [-0.2, -0.15) is 0 Å². The number of nitrogens with one attached hydrogen (secondary N) is 1. The molecule has 2 rings (SSSR count). The van der Waals surface area contributed by atoms with E-state index in [-0.39, 0.29) is 6.10 Å². The molecule has 2 unspecified atom stereocenters. The number of hydrogen-bond acceptors (Lipinski definition) is 2. The van der Waals surface area contributed by atoms with Crippen molar-refractivity contribution in [1.29, 1.82) is 0 Å². The summed E-state index contributed by atoms with van der Waals surface area (Å²) >= 11 is 0. The van der Waals surface area contributed by atoms with E-state index in [0.29, 0.717) is 12.0 Å². The lowest BCUT2D eigenvalue weighted by Crippen LogP contribution is -2.32. The molecule has 2 atom stereocenters. The fourth-order valence-corrected chi connectivity index (χ4v) is 1.98. The molecule has 1 aromatic carbocycles.